The Morgan fingerprint density at radius 2 is 1.66 bits per heavy atom. The molecule has 1 aromatic heterocycles. The molecule has 0 atom stereocenters. The molecule has 0 aliphatic carbocycles. The molecule has 5 rings (SSSR count). The van der Waals surface area contributed by atoms with Crippen molar-refractivity contribution in [3.05, 3.63) is 84.2 Å². The van der Waals surface area contributed by atoms with E-state index in [1.165, 1.54) is 12.1 Å². The summed E-state index contributed by atoms with van der Waals surface area (Å²) in [4.78, 5) is 21.5. The van der Waals surface area contributed by atoms with Gasteiger partial charge in [-0.3, -0.25) is 4.79 Å². The Labute approximate surface area is 237 Å². The van der Waals surface area contributed by atoms with E-state index in [9.17, 15) is 18.0 Å². The van der Waals surface area contributed by atoms with E-state index >= 15 is 0 Å². The molecule has 1 aliphatic rings. The highest BCUT2D eigenvalue weighted by Crippen LogP contribution is 2.28. The molecule has 10 heteroatoms. The molecule has 4 aromatic rings. The van der Waals surface area contributed by atoms with E-state index < -0.39 is 6.36 Å². The first-order valence-electron chi connectivity index (χ1n) is 13.8. The number of hydrogen-bond donors (Lipinski definition) is 0. The largest absolute Gasteiger partial charge is 0.573 e. The summed E-state index contributed by atoms with van der Waals surface area (Å²) in [7, 11) is 0. The second-order valence-corrected chi connectivity index (χ2v) is 10.1. The minimum Gasteiger partial charge on any atom is -0.486 e. The van der Waals surface area contributed by atoms with Crippen LogP contribution in [0.15, 0.2) is 72.8 Å². The van der Waals surface area contributed by atoms with Crippen molar-refractivity contribution < 1.29 is 27.4 Å². The standard InChI is InChI=1S/C31H33F3N4O3/c1-2-3-9-30(39)37-18-16-36(17-19-37)24-12-15-27-28(20-24)38(29(35-27)22-40-25-7-5-4-6-8-25)21-23-10-13-26(14-11-23)41-31(32,33)34/h4-8,10-15,20H,2-3,9,16-19,21-22H2,1H3. The van der Waals surface area contributed by atoms with Crippen molar-refractivity contribution >= 4 is 22.6 Å². The average molecular weight is 567 g/mol. The molecular formula is C31H33F3N4O3. The van der Waals surface area contributed by atoms with Gasteiger partial charge in [-0.05, 0) is 54.4 Å². The molecule has 1 aliphatic heterocycles. The van der Waals surface area contributed by atoms with Crippen LogP contribution in [-0.4, -0.2) is 52.9 Å². The second-order valence-electron chi connectivity index (χ2n) is 10.1. The molecule has 3 aromatic carbocycles. The third-order valence-electron chi connectivity index (χ3n) is 7.16. The van der Waals surface area contributed by atoms with Gasteiger partial charge in [0, 0.05) is 44.8 Å². The SMILES string of the molecule is CCCCC(=O)N1CCN(c2ccc3nc(COc4ccccc4)n(Cc4ccc(OC(F)(F)F)cc4)c3c2)CC1. The molecule has 0 N–H and O–H groups in total. The number of benzene rings is 3. The molecule has 1 fully saturated rings. The van der Waals surface area contributed by atoms with Crippen LogP contribution >= 0.6 is 0 Å². The Balaban J connectivity index is 1.39. The number of aromatic nitrogens is 2. The van der Waals surface area contributed by atoms with Gasteiger partial charge in [-0.25, -0.2) is 4.98 Å². The topological polar surface area (TPSA) is 59.8 Å². The normalized spacial score (nSPS) is 14.0. The van der Waals surface area contributed by atoms with Crippen LogP contribution in [0, 0.1) is 0 Å². The number of alkyl halides is 3. The molecule has 0 radical (unpaired) electrons. The van der Waals surface area contributed by atoms with E-state index in [2.05, 4.69) is 22.6 Å². The summed E-state index contributed by atoms with van der Waals surface area (Å²) >= 11 is 0. The lowest BCUT2D eigenvalue weighted by atomic mass is 10.2. The number of amides is 1. The number of hydrogen-bond acceptors (Lipinski definition) is 5. The number of carbonyl (C=O) groups is 1. The van der Waals surface area contributed by atoms with E-state index in [-0.39, 0.29) is 18.3 Å². The maximum atomic E-state index is 12.6. The zero-order valence-electron chi connectivity index (χ0n) is 22.9. The molecular weight excluding hydrogens is 533 g/mol. The van der Waals surface area contributed by atoms with Crippen molar-refractivity contribution in [2.24, 2.45) is 0 Å². The predicted octanol–water partition coefficient (Wildman–Crippen LogP) is 6.40. The van der Waals surface area contributed by atoms with Crippen LogP contribution in [0.25, 0.3) is 11.0 Å². The third kappa shape index (κ3) is 7.31. The molecule has 216 valence electrons. The number of anilines is 1. The van der Waals surface area contributed by atoms with Crippen molar-refractivity contribution in [2.75, 3.05) is 31.1 Å². The Morgan fingerprint density at radius 3 is 2.34 bits per heavy atom. The Bertz CT molecular complexity index is 1450. The van der Waals surface area contributed by atoms with E-state index in [0.29, 0.717) is 37.6 Å². The Kier molecular flexibility index (Phi) is 8.66. The minimum absolute atomic E-state index is 0.217. The van der Waals surface area contributed by atoms with Gasteiger partial charge in [-0.1, -0.05) is 43.7 Å². The first-order chi connectivity index (χ1) is 19.8. The van der Waals surface area contributed by atoms with Gasteiger partial charge in [0.1, 0.15) is 23.9 Å². The van der Waals surface area contributed by atoms with E-state index in [1.807, 2.05) is 51.9 Å². The summed E-state index contributed by atoms with van der Waals surface area (Å²) in [6, 6.07) is 21.4. The lowest BCUT2D eigenvalue weighted by molar-refractivity contribution is -0.274. The highest BCUT2D eigenvalue weighted by Gasteiger charge is 2.31. The molecule has 0 spiro atoms. The maximum Gasteiger partial charge on any atom is 0.573 e. The minimum atomic E-state index is -4.74. The van der Waals surface area contributed by atoms with Crippen molar-refractivity contribution in [3.63, 3.8) is 0 Å². The highest BCUT2D eigenvalue weighted by atomic mass is 19.4. The zero-order valence-corrected chi connectivity index (χ0v) is 22.9. The summed E-state index contributed by atoms with van der Waals surface area (Å²) in [6.07, 6.45) is -2.23. The number of fused-ring (bicyclic) bond motifs is 1. The monoisotopic (exact) mass is 566 g/mol. The van der Waals surface area contributed by atoms with Crippen LogP contribution < -0.4 is 14.4 Å². The molecule has 41 heavy (non-hydrogen) atoms. The third-order valence-corrected chi connectivity index (χ3v) is 7.16. The summed E-state index contributed by atoms with van der Waals surface area (Å²) in [5.41, 5.74) is 3.52. The summed E-state index contributed by atoms with van der Waals surface area (Å²) < 4.78 is 50.0. The van der Waals surface area contributed by atoms with E-state index in [4.69, 9.17) is 9.72 Å². The number of carbonyl (C=O) groups excluding carboxylic acids is 1. The van der Waals surface area contributed by atoms with Crippen LogP contribution in [0.1, 0.15) is 37.6 Å². The van der Waals surface area contributed by atoms with Crippen LogP contribution in [0.5, 0.6) is 11.5 Å². The average Bonchev–Trinajstić information content (AvgIpc) is 3.32. The van der Waals surface area contributed by atoms with Gasteiger partial charge < -0.3 is 23.8 Å². The van der Waals surface area contributed by atoms with Crippen molar-refractivity contribution in [2.45, 2.75) is 45.7 Å². The number of para-hydroxylation sites is 1. The number of ether oxygens (including phenoxy) is 2. The van der Waals surface area contributed by atoms with Gasteiger partial charge in [-0.2, -0.15) is 0 Å². The fraction of sp³-hybridized carbons (Fsp3) is 0.355. The van der Waals surface area contributed by atoms with Gasteiger partial charge in [0.25, 0.3) is 0 Å². The molecule has 0 saturated carbocycles. The summed E-state index contributed by atoms with van der Waals surface area (Å²) in [5.74, 6) is 1.36. The number of unbranched alkanes of at least 4 members (excludes halogenated alkanes) is 1. The molecule has 7 nitrogen and oxygen atoms in total. The number of rotatable bonds is 10. The van der Waals surface area contributed by atoms with E-state index in [1.54, 1.807) is 12.1 Å². The smallest absolute Gasteiger partial charge is 0.486 e. The summed E-state index contributed by atoms with van der Waals surface area (Å²) in [6.45, 7) is 5.54. The molecule has 1 amide bonds. The first kappa shape index (κ1) is 28.3. The Hall–Kier alpha value is -4.21. The van der Waals surface area contributed by atoms with Crippen LogP contribution in [0.3, 0.4) is 0 Å². The van der Waals surface area contributed by atoms with Crippen molar-refractivity contribution in [3.8, 4) is 11.5 Å². The molecule has 0 bridgehead atoms. The fourth-order valence-electron chi connectivity index (χ4n) is 4.99. The maximum absolute atomic E-state index is 12.6. The number of halogens is 3. The molecule has 1 saturated heterocycles. The lowest BCUT2D eigenvalue weighted by Gasteiger charge is -2.36. The van der Waals surface area contributed by atoms with Crippen LogP contribution in [-0.2, 0) is 17.9 Å². The van der Waals surface area contributed by atoms with Crippen molar-refractivity contribution in [1.29, 1.82) is 0 Å². The van der Waals surface area contributed by atoms with Gasteiger partial charge in [-0.15, -0.1) is 13.2 Å². The van der Waals surface area contributed by atoms with Crippen LogP contribution in [0.2, 0.25) is 0 Å². The predicted molar refractivity (Wildman–Crippen MR) is 151 cm³/mol. The first-order valence-corrected chi connectivity index (χ1v) is 13.8. The number of piperazine rings is 1. The fourth-order valence-corrected chi connectivity index (χ4v) is 4.99. The Morgan fingerprint density at radius 1 is 0.927 bits per heavy atom. The van der Waals surface area contributed by atoms with E-state index in [0.717, 1.165) is 48.2 Å². The van der Waals surface area contributed by atoms with Gasteiger partial charge in [0.2, 0.25) is 5.91 Å². The second kappa shape index (κ2) is 12.5. The number of nitrogens with zero attached hydrogens (tertiary/aromatic N) is 4. The van der Waals surface area contributed by atoms with Gasteiger partial charge in [0.05, 0.1) is 11.0 Å². The molecule has 0 unspecified atom stereocenters. The lowest BCUT2D eigenvalue weighted by Crippen LogP contribution is -2.48. The summed E-state index contributed by atoms with van der Waals surface area (Å²) in [5, 5.41) is 0. The van der Waals surface area contributed by atoms with Crippen LogP contribution in [0.4, 0.5) is 18.9 Å². The van der Waals surface area contributed by atoms with Gasteiger partial charge >= 0.3 is 6.36 Å². The quantitative estimate of drug-likeness (QED) is 0.222. The zero-order chi connectivity index (χ0) is 28.8. The highest BCUT2D eigenvalue weighted by molar-refractivity contribution is 5.81. The molecule has 2 heterocycles. The van der Waals surface area contributed by atoms with Crippen molar-refractivity contribution in [1.82, 2.24) is 14.5 Å². The number of imidazole rings is 1. The van der Waals surface area contributed by atoms with Gasteiger partial charge in [0.15, 0.2) is 0 Å².